The number of hydrazone groups is 1. The topological polar surface area (TPSA) is 62.3 Å². The van der Waals surface area contributed by atoms with Gasteiger partial charge in [-0.05, 0) is 45.8 Å². The van der Waals surface area contributed by atoms with Crippen molar-refractivity contribution >= 4 is 55.1 Å². The first kappa shape index (κ1) is 18.7. The van der Waals surface area contributed by atoms with Gasteiger partial charge in [-0.3, -0.25) is 0 Å². The maximum Gasteiger partial charge on any atom is 0.222 e. The van der Waals surface area contributed by atoms with Crippen LogP contribution in [0, 0.1) is 0 Å². The van der Waals surface area contributed by atoms with Gasteiger partial charge in [0.25, 0.3) is 0 Å². The molecule has 4 aromatic rings. The molecule has 2 N–H and O–H groups in total. The second kappa shape index (κ2) is 8.58. The molecule has 0 saturated carbocycles. The summed E-state index contributed by atoms with van der Waals surface area (Å²) in [7, 11) is 0. The monoisotopic (exact) mass is 498 g/mol. The molecule has 3 aromatic carbocycles. The molecule has 0 saturated heterocycles. The molecule has 0 spiro atoms. The number of aromatic nitrogens is 2. The fraction of sp³-hybridized carbons (Fsp3) is 0.0476. The van der Waals surface area contributed by atoms with Crippen LogP contribution in [-0.4, -0.2) is 16.2 Å². The van der Waals surface area contributed by atoms with Gasteiger partial charge in [-0.1, -0.05) is 58.4 Å². The molecular weight excluding hydrogens is 484 g/mol. The summed E-state index contributed by atoms with van der Waals surface area (Å²) in [5, 5.41) is 4.31. The lowest BCUT2D eigenvalue weighted by atomic mass is 10.2. The smallest absolute Gasteiger partial charge is 0.222 e. The summed E-state index contributed by atoms with van der Waals surface area (Å²) in [5.41, 5.74) is 6.71. The Bertz CT molecular complexity index is 1090. The third kappa shape index (κ3) is 4.43. The normalized spacial score (nSPS) is 11.2. The van der Waals surface area contributed by atoms with E-state index in [2.05, 4.69) is 52.4 Å². The van der Waals surface area contributed by atoms with Gasteiger partial charge < -0.3 is 9.72 Å². The highest BCUT2D eigenvalue weighted by Crippen LogP contribution is 2.32. The number of halogens is 2. The zero-order valence-corrected chi connectivity index (χ0v) is 17.9. The summed E-state index contributed by atoms with van der Waals surface area (Å²) in [5.74, 6) is 1.31. The number of para-hydroxylation sites is 2. The molecule has 4 rings (SSSR count). The summed E-state index contributed by atoms with van der Waals surface area (Å²) < 4.78 is 7.83. The maximum absolute atomic E-state index is 6.05. The van der Waals surface area contributed by atoms with Crippen LogP contribution in [0.5, 0.6) is 5.75 Å². The van der Waals surface area contributed by atoms with Crippen molar-refractivity contribution in [2.45, 2.75) is 6.61 Å². The summed E-state index contributed by atoms with van der Waals surface area (Å²) in [4.78, 5) is 7.63. The van der Waals surface area contributed by atoms with E-state index in [1.165, 1.54) is 0 Å². The number of hydrogen-bond donors (Lipinski definition) is 2. The molecule has 1 heterocycles. The molecule has 7 heteroatoms. The van der Waals surface area contributed by atoms with E-state index in [1.807, 2.05) is 66.7 Å². The van der Waals surface area contributed by atoms with E-state index >= 15 is 0 Å². The molecule has 0 fully saturated rings. The van der Waals surface area contributed by atoms with Gasteiger partial charge in [-0.25, -0.2) is 10.4 Å². The number of H-pyrrole nitrogens is 1. The zero-order chi connectivity index (χ0) is 19.3. The van der Waals surface area contributed by atoms with E-state index in [4.69, 9.17) is 4.74 Å². The molecular formula is C21H16Br2N4O. The molecule has 0 unspecified atom stereocenters. The first-order valence-corrected chi connectivity index (χ1v) is 10.2. The SMILES string of the molecule is Brc1cc(Br)c(OCc2ccccc2)c(/C=N/Nc2nc3ccccc3[nH]2)c1. The van der Waals surface area contributed by atoms with Crippen molar-refractivity contribution in [1.82, 2.24) is 9.97 Å². The number of anilines is 1. The molecule has 0 radical (unpaired) electrons. The quantitative estimate of drug-likeness (QED) is 0.248. The van der Waals surface area contributed by atoms with Crippen LogP contribution in [0.25, 0.3) is 11.0 Å². The van der Waals surface area contributed by atoms with Crippen molar-refractivity contribution in [3.63, 3.8) is 0 Å². The number of benzene rings is 3. The molecule has 0 aliphatic heterocycles. The van der Waals surface area contributed by atoms with Crippen molar-refractivity contribution in [2.75, 3.05) is 5.43 Å². The Labute approximate surface area is 179 Å². The van der Waals surface area contributed by atoms with Gasteiger partial charge in [0.2, 0.25) is 5.95 Å². The second-order valence-electron chi connectivity index (χ2n) is 6.05. The van der Waals surface area contributed by atoms with Crippen LogP contribution in [0.15, 0.2) is 80.8 Å². The minimum atomic E-state index is 0.471. The maximum atomic E-state index is 6.05. The largest absolute Gasteiger partial charge is 0.487 e. The Balaban J connectivity index is 1.53. The summed E-state index contributed by atoms with van der Waals surface area (Å²) >= 11 is 7.09. The number of rotatable bonds is 6. The number of ether oxygens (including phenoxy) is 1. The number of hydrogen-bond acceptors (Lipinski definition) is 4. The Morgan fingerprint density at radius 1 is 1.04 bits per heavy atom. The number of aromatic amines is 1. The molecule has 0 aliphatic rings. The Hall–Kier alpha value is -2.64. The summed E-state index contributed by atoms with van der Waals surface area (Å²) in [6.07, 6.45) is 1.71. The van der Waals surface area contributed by atoms with E-state index in [0.29, 0.717) is 12.6 Å². The summed E-state index contributed by atoms with van der Waals surface area (Å²) in [6, 6.07) is 21.8. The summed E-state index contributed by atoms with van der Waals surface area (Å²) in [6.45, 7) is 0.471. The van der Waals surface area contributed by atoms with Crippen LogP contribution in [0.1, 0.15) is 11.1 Å². The van der Waals surface area contributed by atoms with Crippen LogP contribution in [0.2, 0.25) is 0 Å². The highest BCUT2D eigenvalue weighted by molar-refractivity contribution is 9.11. The Morgan fingerprint density at radius 2 is 1.82 bits per heavy atom. The predicted molar refractivity (Wildman–Crippen MR) is 120 cm³/mol. The van der Waals surface area contributed by atoms with Gasteiger partial charge in [0.05, 0.1) is 21.7 Å². The van der Waals surface area contributed by atoms with Crippen LogP contribution in [-0.2, 0) is 6.61 Å². The first-order chi connectivity index (χ1) is 13.7. The Morgan fingerprint density at radius 3 is 2.64 bits per heavy atom. The lowest BCUT2D eigenvalue weighted by Crippen LogP contribution is -2.00. The third-order valence-electron chi connectivity index (χ3n) is 4.03. The Kier molecular flexibility index (Phi) is 5.73. The fourth-order valence-electron chi connectivity index (χ4n) is 2.73. The van der Waals surface area contributed by atoms with Gasteiger partial charge in [0.1, 0.15) is 12.4 Å². The zero-order valence-electron chi connectivity index (χ0n) is 14.7. The molecule has 0 aliphatic carbocycles. The molecule has 140 valence electrons. The minimum absolute atomic E-state index is 0.471. The lowest BCUT2D eigenvalue weighted by molar-refractivity contribution is 0.304. The van der Waals surface area contributed by atoms with Crippen LogP contribution >= 0.6 is 31.9 Å². The second-order valence-corrected chi connectivity index (χ2v) is 7.82. The lowest BCUT2D eigenvalue weighted by Gasteiger charge is -2.12. The molecule has 5 nitrogen and oxygen atoms in total. The number of imidazole rings is 1. The number of fused-ring (bicyclic) bond motifs is 1. The average molecular weight is 500 g/mol. The molecule has 28 heavy (non-hydrogen) atoms. The first-order valence-electron chi connectivity index (χ1n) is 8.58. The van der Waals surface area contributed by atoms with Gasteiger partial charge in [0.15, 0.2) is 0 Å². The van der Waals surface area contributed by atoms with Crippen LogP contribution < -0.4 is 10.2 Å². The molecule has 0 amide bonds. The van der Waals surface area contributed by atoms with E-state index in [0.717, 1.165) is 36.9 Å². The highest BCUT2D eigenvalue weighted by Gasteiger charge is 2.10. The van der Waals surface area contributed by atoms with Gasteiger partial charge in [-0.15, -0.1) is 0 Å². The fourth-order valence-corrected chi connectivity index (χ4v) is 4.10. The van der Waals surface area contributed by atoms with Crippen molar-refractivity contribution in [1.29, 1.82) is 0 Å². The van der Waals surface area contributed by atoms with Gasteiger partial charge in [0, 0.05) is 10.0 Å². The minimum Gasteiger partial charge on any atom is -0.487 e. The van der Waals surface area contributed by atoms with Crippen LogP contribution in [0.3, 0.4) is 0 Å². The van der Waals surface area contributed by atoms with Crippen molar-refractivity contribution < 1.29 is 4.74 Å². The molecule has 1 aromatic heterocycles. The van der Waals surface area contributed by atoms with Crippen LogP contribution in [0.4, 0.5) is 5.95 Å². The number of nitrogens with zero attached hydrogens (tertiary/aromatic N) is 2. The average Bonchev–Trinajstić information content (AvgIpc) is 3.11. The van der Waals surface area contributed by atoms with E-state index in [-0.39, 0.29) is 0 Å². The van der Waals surface area contributed by atoms with Crippen molar-refractivity contribution in [3.8, 4) is 5.75 Å². The van der Waals surface area contributed by atoms with Gasteiger partial charge in [-0.2, -0.15) is 5.10 Å². The van der Waals surface area contributed by atoms with E-state index in [9.17, 15) is 0 Å². The van der Waals surface area contributed by atoms with E-state index < -0.39 is 0 Å². The van der Waals surface area contributed by atoms with Crippen molar-refractivity contribution in [2.24, 2.45) is 5.10 Å². The molecule has 0 atom stereocenters. The van der Waals surface area contributed by atoms with E-state index in [1.54, 1.807) is 6.21 Å². The number of nitrogens with one attached hydrogen (secondary N) is 2. The standard InChI is InChI=1S/C21H16Br2N4O/c22-16-10-15(12-24-27-21-25-18-8-4-5-9-19(18)26-21)20(17(23)11-16)28-13-14-6-2-1-3-7-14/h1-12H,13H2,(H2,25,26,27)/b24-12+. The predicted octanol–water partition coefficient (Wildman–Crippen LogP) is 6.11. The third-order valence-corrected chi connectivity index (χ3v) is 5.07. The van der Waals surface area contributed by atoms with Gasteiger partial charge >= 0.3 is 0 Å². The molecule has 0 bridgehead atoms. The van der Waals surface area contributed by atoms with Crippen molar-refractivity contribution in [3.05, 3.63) is 86.8 Å². The highest BCUT2D eigenvalue weighted by atomic mass is 79.9.